The Labute approximate surface area is 241 Å². The van der Waals surface area contributed by atoms with E-state index in [2.05, 4.69) is 117 Å². The fourth-order valence-corrected chi connectivity index (χ4v) is 5.67. The zero-order chi connectivity index (χ0) is 28.2. The number of hydrogen-bond donors (Lipinski definition) is 0. The summed E-state index contributed by atoms with van der Waals surface area (Å²) in [4.78, 5) is 0. The molecule has 0 aliphatic carbocycles. The molecule has 41 heavy (non-hydrogen) atoms. The van der Waals surface area contributed by atoms with Gasteiger partial charge >= 0.3 is 7.12 Å². The largest absolute Gasteiger partial charge is 0.494 e. The lowest BCUT2D eigenvalue weighted by Crippen LogP contribution is -2.41. The predicted molar refractivity (Wildman–Crippen MR) is 168 cm³/mol. The number of benzene rings is 5. The maximum Gasteiger partial charge on any atom is 0.494 e. The van der Waals surface area contributed by atoms with E-state index in [-0.39, 0.29) is 0 Å². The van der Waals surface area contributed by atoms with Gasteiger partial charge in [-0.15, -0.1) is 0 Å². The van der Waals surface area contributed by atoms with Gasteiger partial charge in [0.15, 0.2) is 0 Å². The van der Waals surface area contributed by atoms with E-state index in [1.807, 2.05) is 36.4 Å². The summed E-state index contributed by atoms with van der Waals surface area (Å²) in [6.45, 7) is 8.32. The van der Waals surface area contributed by atoms with Crippen molar-refractivity contribution in [1.29, 1.82) is 0 Å². The third kappa shape index (κ3) is 4.42. The Morgan fingerprint density at radius 1 is 0.585 bits per heavy atom. The summed E-state index contributed by atoms with van der Waals surface area (Å²) < 4.78 is 21.7. The number of para-hydroxylation sites is 4. The highest BCUT2D eigenvalue weighted by Gasteiger charge is 2.51. The van der Waals surface area contributed by atoms with Crippen molar-refractivity contribution >= 4 is 34.4 Å². The van der Waals surface area contributed by atoms with E-state index in [1.54, 1.807) is 0 Å². The van der Waals surface area contributed by atoms with Gasteiger partial charge in [0, 0.05) is 16.3 Å². The molecule has 4 nitrogen and oxygen atoms in total. The van der Waals surface area contributed by atoms with Crippen LogP contribution < -0.4 is 10.2 Å². The van der Waals surface area contributed by atoms with Gasteiger partial charge in [-0.25, -0.2) is 0 Å². The lowest BCUT2D eigenvalue weighted by atomic mass is 9.77. The zero-order valence-corrected chi connectivity index (χ0v) is 23.8. The normalized spacial score (nSPS) is 16.0. The van der Waals surface area contributed by atoms with E-state index in [1.165, 1.54) is 21.8 Å². The van der Waals surface area contributed by atoms with Crippen LogP contribution in [0.4, 0.5) is 0 Å². The molecule has 0 bridgehead atoms. The van der Waals surface area contributed by atoms with Crippen LogP contribution in [0.2, 0.25) is 0 Å². The highest BCUT2D eigenvalue weighted by Crippen LogP contribution is 2.39. The molecule has 5 heteroatoms. The van der Waals surface area contributed by atoms with Gasteiger partial charge in [-0.05, 0) is 81.2 Å². The minimum Gasteiger partial charge on any atom is -0.457 e. The van der Waals surface area contributed by atoms with Crippen molar-refractivity contribution < 1.29 is 14.0 Å². The van der Waals surface area contributed by atoms with Crippen LogP contribution in [0.1, 0.15) is 27.7 Å². The molecular formula is C36H32BNO3. The molecule has 1 aromatic heterocycles. The molecule has 6 aromatic rings. The van der Waals surface area contributed by atoms with Crippen LogP contribution in [0.15, 0.2) is 121 Å². The Hall–Kier alpha value is -4.32. The SMILES string of the molecule is CC1(C)OB(c2cc(Oc3ccccc3)cc(-c3ccccc3-n3c4ccccc4c4ccccc43)c2)OC1(C)C. The fourth-order valence-electron chi connectivity index (χ4n) is 5.67. The molecule has 0 radical (unpaired) electrons. The molecule has 1 fully saturated rings. The van der Waals surface area contributed by atoms with Crippen molar-refractivity contribution in [1.82, 2.24) is 4.57 Å². The standard InChI is InChI=1S/C36H32BNO3/c1-35(2)36(3,4)41-37(40-35)26-22-25(23-28(24-26)39-27-14-6-5-7-15-27)29-16-8-11-19-32(29)38-33-20-12-9-17-30(33)31-18-10-13-21-34(31)38/h5-24H,1-4H3. The Balaban J connectivity index is 1.43. The van der Waals surface area contributed by atoms with Crippen LogP contribution in [0, 0.1) is 0 Å². The van der Waals surface area contributed by atoms with Crippen molar-refractivity contribution in [3.05, 3.63) is 121 Å². The van der Waals surface area contributed by atoms with Gasteiger partial charge in [-0.2, -0.15) is 0 Å². The summed E-state index contributed by atoms with van der Waals surface area (Å²) in [6, 6.07) is 41.9. The molecule has 0 saturated carbocycles. The molecule has 2 heterocycles. The van der Waals surface area contributed by atoms with Crippen LogP contribution in [0.3, 0.4) is 0 Å². The molecule has 0 spiro atoms. The second-order valence-corrected chi connectivity index (χ2v) is 11.7. The summed E-state index contributed by atoms with van der Waals surface area (Å²) >= 11 is 0. The minimum absolute atomic E-state index is 0.449. The van der Waals surface area contributed by atoms with Crippen LogP contribution in [-0.2, 0) is 9.31 Å². The minimum atomic E-state index is -0.515. The summed E-state index contributed by atoms with van der Waals surface area (Å²) in [5.74, 6) is 1.51. The molecule has 1 aliphatic rings. The molecule has 0 atom stereocenters. The van der Waals surface area contributed by atoms with Crippen LogP contribution in [0.25, 0.3) is 38.6 Å². The van der Waals surface area contributed by atoms with Gasteiger partial charge in [0.1, 0.15) is 11.5 Å². The Bertz CT molecular complexity index is 1820. The van der Waals surface area contributed by atoms with Crippen molar-refractivity contribution in [3.63, 3.8) is 0 Å². The van der Waals surface area contributed by atoms with Crippen molar-refractivity contribution in [3.8, 4) is 28.3 Å². The Kier molecular flexibility index (Phi) is 6.04. The molecule has 1 aliphatic heterocycles. The topological polar surface area (TPSA) is 32.6 Å². The van der Waals surface area contributed by atoms with E-state index >= 15 is 0 Å². The van der Waals surface area contributed by atoms with E-state index < -0.39 is 18.3 Å². The quantitative estimate of drug-likeness (QED) is 0.207. The smallest absolute Gasteiger partial charge is 0.457 e. The summed E-state index contributed by atoms with van der Waals surface area (Å²) in [6.07, 6.45) is 0. The first kappa shape index (κ1) is 25.6. The number of nitrogens with zero attached hydrogens (tertiary/aromatic N) is 1. The maximum absolute atomic E-state index is 6.48. The third-order valence-corrected chi connectivity index (χ3v) is 8.47. The summed E-state index contributed by atoms with van der Waals surface area (Å²) in [5.41, 5.74) is 5.58. The van der Waals surface area contributed by atoms with Gasteiger partial charge in [0.2, 0.25) is 0 Å². The molecular weight excluding hydrogens is 505 g/mol. The molecule has 0 unspecified atom stereocenters. The van der Waals surface area contributed by atoms with E-state index in [0.717, 1.165) is 33.8 Å². The van der Waals surface area contributed by atoms with Gasteiger partial charge < -0.3 is 18.6 Å². The average Bonchev–Trinajstić information content (AvgIpc) is 3.42. The molecule has 0 amide bonds. The number of fused-ring (bicyclic) bond motifs is 3. The number of aromatic nitrogens is 1. The third-order valence-electron chi connectivity index (χ3n) is 8.47. The highest BCUT2D eigenvalue weighted by molar-refractivity contribution is 6.62. The first-order valence-electron chi connectivity index (χ1n) is 14.1. The van der Waals surface area contributed by atoms with Gasteiger partial charge in [-0.3, -0.25) is 0 Å². The molecule has 7 rings (SSSR count). The van der Waals surface area contributed by atoms with Crippen molar-refractivity contribution in [2.45, 2.75) is 38.9 Å². The average molecular weight is 537 g/mol. The maximum atomic E-state index is 6.48. The molecule has 0 N–H and O–H groups in total. The monoisotopic (exact) mass is 537 g/mol. The van der Waals surface area contributed by atoms with E-state index in [9.17, 15) is 0 Å². The van der Waals surface area contributed by atoms with E-state index in [0.29, 0.717) is 0 Å². The van der Waals surface area contributed by atoms with E-state index in [4.69, 9.17) is 14.0 Å². The zero-order valence-electron chi connectivity index (χ0n) is 23.8. The first-order chi connectivity index (χ1) is 19.8. The summed E-state index contributed by atoms with van der Waals surface area (Å²) in [7, 11) is -0.515. The second kappa shape index (κ2) is 9.65. The van der Waals surface area contributed by atoms with Gasteiger partial charge in [-0.1, -0.05) is 78.9 Å². The van der Waals surface area contributed by atoms with Gasteiger partial charge in [0.05, 0.1) is 27.9 Å². The van der Waals surface area contributed by atoms with Crippen LogP contribution in [0.5, 0.6) is 11.5 Å². The number of rotatable bonds is 5. The molecule has 5 aromatic carbocycles. The highest BCUT2D eigenvalue weighted by atomic mass is 16.7. The fraction of sp³-hybridized carbons (Fsp3) is 0.167. The van der Waals surface area contributed by atoms with Gasteiger partial charge in [0.25, 0.3) is 0 Å². The lowest BCUT2D eigenvalue weighted by Gasteiger charge is -2.32. The Morgan fingerprint density at radius 3 is 1.80 bits per heavy atom. The molecule has 1 saturated heterocycles. The lowest BCUT2D eigenvalue weighted by molar-refractivity contribution is 0.00578. The second-order valence-electron chi connectivity index (χ2n) is 11.7. The molecule has 202 valence electrons. The number of hydrogen-bond acceptors (Lipinski definition) is 3. The number of ether oxygens (including phenoxy) is 1. The summed E-state index contributed by atoms with van der Waals surface area (Å²) in [5, 5.41) is 2.47. The van der Waals surface area contributed by atoms with Crippen molar-refractivity contribution in [2.24, 2.45) is 0 Å². The van der Waals surface area contributed by atoms with Crippen molar-refractivity contribution in [2.75, 3.05) is 0 Å². The predicted octanol–water partition coefficient (Wildman–Crippen LogP) is 8.54. The van der Waals surface area contributed by atoms with Crippen LogP contribution in [-0.4, -0.2) is 22.9 Å². The first-order valence-corrected chi connectivity index (χ1v) is 14.1. The Morgan fingerprint density at radius 2 is 1.15 bits per heavy atom. The van der Waals surface area contributed by atoms with Crippen LogP contribution >= 0.6 is 0 Å².